The van der Waals surface area contributed by atoms with Crippen molar-refractivity contribution in [3.63, 3.8) is 0 Å². The molecule has 0 saturated heterocycles. The molecule has 0 aliphatic carbocycles. The van der Waals surface area contributed by atoms with Gasteiger partial charge in [-0.1, -0.05) is 0 Å². The Morgan fingerprint density at radius 3 is 2.55 bits per heavy atom. The summed E-state index contributed by atoms with van der Waals surface area (Å²) in [4.78, 5) is 0. The number of phenols is 1. The first-order chi connectivity index (χ1) is 9.51. The van der Waals surface area contributed by atoms with E-state index in [1.54, 1.807) is 13.0 Å². The van der Waals surface area contributed by atoms with E-state index in [1.165, 1.54) is 37.4 Å². The first kappa shape index (κ1) is 14.1. The first-order valence-electron chi connectivity index (χ1n) is 6.09. The van der Waals surface area contributed by atoms with Crippen LogP contribution in [0.5, 0.6) is 11.5 Å². The summed E-state index contributed by atoms with van der Waals surface area (Å²) < 4.78 is 31.6. The maximum atomic E-state index is 13.6. The highest BCUT2D eigenvalue weighted by Crippen LogP contribution is 2.29. The Morgan fingerprint density at radius 2 is 1.90 bits per heavy atom. The van der Waals surface area contributed by atoms with E-state index in [9.17, 15) is 13.9 Å². The molecule has 0 spiro atoms. The molecule has 0 aromatic heterocycles. The molecule has 0 amide bonds. The number of hydrogen-bond donors (Lipinski definition) is 2. The normalized spacial score (nSPS) is 12.0. The fourth-order valence-electron chi connectivity index (χ4n) is 1.96. The van der Waals surface area contributed by atoms with E-state index in [4.69, 9.17) is 4.74 Å². The number of halogens is 2. The molecule has 1 unspecified atom stereocenters. The number of ether oxygens (including phenoxy) is 1. The van der Waals surface area contributed by atoms with Crippen LogP contribution in [0.25, 0.3) is 0 Å². The standard InChI is InChI=1S/C15H15F2NO2/c1-9(12-7-10(16)3-5-14(12)19)18-11-4-6-15(20-2)13(17)8-11/h3-9,18-19H,1-2H3. The predicted molar refractivity (Wildman–Crippen MR) is 73.1 cm³/mol. The molecule has 0 fully saturated rings. The monoisotopic (exact) mass is 279 g/mol. The molecule has 0 aliphatic heterocycles. The first-order valence-corrected chi connectivity index (χ1v) is 6.09. The Morgan fingerprint density at radius 1 is 1.15 bits per heavy atom. The van der Waals surface area contributed by atoms with Crippen LogP contribution in [0.4, 0.5) is 14.5 Å². The van der Waals surface area contributed by atoms with Crippen molar-refractivity contribution >= 4 is 5.69 Å². The highest BCUT2D eigenvalue weighted by molar-refractivity contribution is 5.50. The molecule has 0 aliphatic rings. The van der Waals surface area contributed by atoms with Gasteiger partial charge in [0.2, 0.25) is 0 Å². The molecule has 0 bridgehead atoms. The van der Waals surface area contributed by atoms with Crippen LogP contribution in [-0.4, -0.2) is 12.2 Å². The van der Waals surface area contributed by atoms with Crippen molar-refractivity contribution in [2.75, 3.05) is 12.4 Å². The molecule has 5 heteroatoms. The predicted octanol–water partition coefficient (Wildman–Crippen LogP) is 3.85. The van der Waals surface area contributed by atoms with Gasteiger partial charge >= 0.3 is 0 Å². The summed E-state index contributed by atoms with van der Waals surface area (Å²) in [5.41, 5.74) is 0.917. The molecule has 2 rings (SSSR count). The molecule has 0 heterocycles. The Hall–Kier alpha value is -2.30. The molecule has 2 aromatic carbocycles. The molecule has 0 radical (unpaired) electrons. The number of rotatable bonds is 4. The summed E-state index contributed by atoms with van der Waals surface area (Å²) in [7, 11) is 1.39. The minimum Gasteiger partial charge on any atom is -0.508 e. The van der Waals surface area contributed by atoms with Gasteiger partial charge in [0.1, 0.15) is 11.6 Å². The largest absolute Gasteiger partial charge is 0.508 e. The van der Waals surface area contributed by atoms with Gasteiger partial charge in [0.25, 0.3) is 0 Å². The van der Waals surface area contributed by atoms with Crippen LogP contribution in [-0.2, 0) is 0 Å². The van der Waals surface area contributed by atoms with Crippen molar-refractivity contribution in [3.8, 4) is 11.5 Å². The van der Waals surface area contributed by atoms with Crippen molar-refractivity contribution in [1.82, 2.24) is 0 Å². The second-order valence-corrected chi connectivity index (χ2v) is 4.42. The zero-order chi connectivity index (χ0) is 14.7. The third kappa shape index (κ3) is 2.99. The SMILES string of the molecule is COc1ccc(NC(C)c2cc(F)ccc2O)cc1F. The molecular formula is C15H15F2NO2. The van der Waals surface area contributed by atoms with Crippen molar-refractivity contribution in [2.24, 2.45) is 0 Å². The lowest BCUT2D eigenvalue weighted by Crippen LogP contribution is -2.07. The number of benzene rings is 2. The second kappa shape index (κ2) is 5.77. The van der Waals surface area contributed by atoms with E-state index < -0.39 is 11.6 Å². The van der Waals surface area contributed by atoms with Gasteiger partial charge in [-0.3, -0.25) is 0 Å². The van der Waals surface area contributed by atoms with Gasteiger partial charge in [-0.15, -0.1) is 0 Å². The maximum Gasteiger partial charge on any atom is 0.167 e. The summed E-state index contributed by atoms with van der Waals surface area (Å²) in [6.07, 6.45) is 0. The van der Waals surface area contributed by atoms with E-state index in [-0.39, 0.29) is 17.5 Å². The highest BCUT2D eigenvalue weighted by Gasteiger charge is 2.12. The van der Waals surface area contributed by atoms with Gasteiger partial charge in [0.15, 0.2) is 11.6 Å². The van der Waals surface area contributed by atoms with Crippen LogP contribution in [0, 0.1) is 11.6 Å². The van der Waals surface area contributed by atoms with Crippen molar-refractivity contribution in [3.05, 3.63) is 53.6 Å². The topological polar surface area (TPSA) is 41.5 Å². The summed E-state index contributed by atoms with van der Waals surface area (Å²) in [6, 6.07) is 7.76. The zero-order valence-corrected chi connectivity index (χ0v) is 11.2. The van der Waals surface area contributed by atoms with Crippen molar-refractivity contribution < 1.29 is 18.6 Å². The van der Waals surface area contributed by atoms with Gasteiger partial charge in [-0.25, -0.2) is 8.78 Å². The molecule has 106 valence electrons. The van der Waals surface area contributed by atoms with Crippen molar-refractivity contribution in [2.45, 2.75) is 13.0 Å². The molecule has 2 N–H and O–H groups in total. The number of aromatic hydroxyl groups is 1. The van der Waals surface area contributed by atoms with Crippen LogP contribution in [0.3, 0.4) is 0 Å². The number of hydrogen-bond acceptors (Lipinski definition) is 3. The van der Waals surface area contributed by atoms with Crippen LogP contribution < -0.4 is 10.1 Å². The average molecular weight is 279 g/mol. The molecule has 1 atom stereocenters. The Bertz CT molecular complexity index is 617. The third-order valence-corrected chi connectivity index (χ3v) is 2.99. The number of phenolic OH excluding ortho intramolecular Hbond substituents is 1. The number of anilines is 1. The van der Waals surface area contributed by atoms with E-state index in [2.05, 4.69) is 5.32 Å². The lowest BCUT2D eigenvalue weighted by molar-refractivity contribution is 0.386. The number of methoxy groups -OCH3 is 1. The van der Waals surface area contributed by atoms with Crippen LogP contribution in [0.1, 0.15) is 18.5 Å². The summed E-state index contributed by atoms with van der Waals surface area (Å²) >= 11 is 0. The minimum atomic E-state index is -0.492. The average Bonchev–Trinajstić information content (AvgIpc) is 2.41. The van der Waals surface area contributed by atoms with Gasteiger partial charge < -0.3 is 15.2 Å². The van der Waals surface area contributed by atoms with E-state index in [0.29, 0.717) is 11.3 Å². The molecule has 20 heavy (non-hydrogen) atoms. The van der Waals surface area contributed by atoms with Gasteiger partial charge in [0, 0.05) is 17.3 Å². The molecular weight excluding hydrogens is 264 g/mol. The molecule has 3 nitrogen and oxygen atoms in total. The van der Waals surface area contributed by atoms with E-state index in [1.807, 2.05) is 0 Å². The van der Waals surface area contributed by atoms with Gasteiger partial charge in [-0.2, -0.15) is 0 Å². The summed E-state index contributed by atoms with van der Waals surface area (Å²) in [5.74, 6) is -0.794. The molecule has 2 aromatic rings. The Kier molecular flexibility index (Phi) is 4.08. The summed E-state index contributed by atoms with van der Waals surface area (Å²) in [5, 5.41) is 12.7. The quantitative estimate of drug-likeness (QED) is 0.893. The Labute approximate surface area is 115 Å². The van der Waals surface area contributed by atoms with Gasteiger partial charge in [-0.05, 0) is 37.3 Å². The smallest absolute Gasteiger partial charge is 0.167 e. The lowest BCUT2D eigenvalue weighted by Gasteiger charge is -2.17. The summed E-state index contributed by atoms with van der Waals surface area (Å²) in [6.45, 7) is 1.75. The maximum absolute atomic E-state index is 13.6. The fraction of sp³-hybridized carbons (Fsp3) is 0.200. The highest BCUT2D eigenvalue weighted by atomic mass is 19.1. The lowest BCUT2D eigenvalue weighted by atomic mass is 10.1. The van der Waals surface area contributed by atoms with Gasteiger partial charge in [0.05, 0.1) is 13.2 Å². The Balaban J connectivity index is 2.21. The second-order valence-electron chi connectivity index (χ2n) is 4.42. The van der Waals surface area contributed by atoms with Crippen LogP contribution in [0.15, 0.2) is 36.4 Å². The minimum absolute atomic E-state index is 0.0135. The van der Waals surface area contributed by atoms with Crippen LogP contribution in [0.2, 0.25) is 0 Å². The van der Waals surface area contributed by atoms with Crippen molar-refractivity contribution in [1.29, 1.82) is 0 Å². The van der Waals surface area contributed by atoms with E-state index in [0.717, 1.165) is 0 Å². The third-order valence-electron chi connectivity index (χ3n) is 2.99. The fourth-order valence-corrected chi connectivity index (χ4v) is 1.96. The molecule has 0 saturated carbocycles. The van der Waals surface area contributed by atoms with E-state index >= 15 is 0 Å². The number of nitrogens with one attached hydrogen (secondary N) is 1. The van der Waals surface area contributed by atoms with Crippen LogP contribution >= 0.6 is 0 Å². The zero-order valence-electron chi connectivity index (χ0n) is 11.2.